The largest absolute Gasteiger partial charge is 0.352 e. The zero-order chi connectivity index (χ0) is 19.7. The van der Waals surface area contributed by atoms with Gasteiger partial charge in [-0.05, 0) is 30.9 Å². The number of hydrogen-bond acceptors (Lipinski definition) is 5. The second-order valence-corrected chi connectivity index (χ2v) is 10.2. The Kier molecular flexibility index (Phi) is 5.23. The molecule has 0 unspecified atom stereocenters. The Morgan fingerprint density at radius 1 is 1.25 bits per heavy atom. The molecule has 0 radical (unpaired) electrons. The van der Waals surface area contributed by atoms with Crippen molar-refractivity contribution < 1.29 is 18.0 Å². The summed E-state index contributed by atoms with van der Waals surface area (Å²) in [6, 6.07) is 3.19. The number of nitrogens with one attached hydrogen (secondary N) is 1. The third-order valence-corrected chi connectivity index (χ3v) is 8.24. The van der Waals surface area contributed by atoms with E-state index >= 15 is 0 Å². The molecular weight excluding hydrogens is 378 g/mol. The number of carbonyl (C=O) groups is 2. The molecule has 2 aliphatic heterocycles. The van der Waals surface area contributed by atoms with Crippen molar-refractivity contribution >= 4 is 21.7 Å². The molecule has 0 aromatic carbocycles. The summed E-state index contributed by atoms with van der Waals surface area (Å²) in [5, 5.41) is 2.35. The maximum Gasteiger partial charge on any atom is 0.227 e. The lowest BCUT2D eigenvalue weighted by Crippen LogP contribution is -2.42. The number of likely N-dealkylation sites (tertiary alicyclic amines) is 1. The van der Waals surface area contributed by atoms with Gasteiger partial charge < -0.3 is 10.2 Å². The van der Waals surface area contributed by atoms with Crippen molar-refractivity contribution in [3.8, 4) is 0 Å². The normalized spacial score (nSPS) is 28.1. The van der Waals surface area contributed by atoms with Crippen molar-refractivity contribution in [2.75, 3.05) is 18.8 Å². The zero-order valence-electron chi connectivity index (χ0n) is 15.7. The Morgan fingerprint density at radius 3 is 2.82 bits per heavy atom. The van der Waals surface area contributed by atoms with Crippen LogP contribution >= 0.6 is 0 Å². The molecule has 3 atom stereocenters. The fourth-order valence-corrected chi connectivity index (χ4v) is 6.86. The van der Waals surface area contributed by atoms with E-state index in [9.17, 15) is 18.0 Å². The van der Waals surface area contributed by atoms with Gasteiger partial charge in [0.2, 0.25) is 11.8 Å². The van der Waals surface area contributed by atoms with Gasteiger partial charge in [0.25, 0.3) is 0 Å². The van der Waals surface area contributed by atoms with Gasteiger partial charge >= 0.3 is 0 Å². The predicted molar refractivity (Wildman–Crippen MR) is 104 cm³/mol. The van der Waals surface area contributed by atoms with E-state index in [2.05, 4.69) is 16.4 Å². The minimum atomic E-state index is -3.32. The van der Waals surface area contributed by atoms with E-state index in [-0.39, 0.29) is 36.5 Å². The molecule has 2 saturated heterocycles. The molecule has 2 amide bonds. The van der Waals surface area contributed by atoms with Crippen LogP contribution in [0.25, 0.3) is 0 Å². The van der Waals surface area contributed by atoms with Gasteiger partial charge in [-0.25, -0.2) is 8.42 Å². The molecule has 1 aromatic heterocycles. The molecular formula is C20H25N3O4S. The van der Waals surface area contributed by atoms with Gasteiger partial charge in [0, 0.05) is 43.9 Å². The van der Waals surface area contributed by atoms with E-state index in [1.807, 2.05) is 6.07 Å². The van der Waals surface area contributed by atoms with Crippen LogP contribution in [0.3, 0.4) is 0 Å². The van der Waals surface area contributed by atoms with Crippen LogP contribution in [-0.2, 0) is 25.8 Å². The summed E-state index contributed by atoms with van der Waals surface area (Å²) in [4.78, 5) is 30.6. The first kappa shape index (κ1) is 19.1. The molecule has 0 spiro atoms. The number of pyridine rings is 1. The van der Waals surface area contributed by atoms with Crippen molar-refractivity contribution in [2.24, 2.45) is 5.92 Å². The van der Waals surface area contributed by atoms with Gasteiger partial charge in [0.1, 0.15) is 0 Å². The summed E-state index contributed by atoms with van der Waals surface area (Å²) in [6.07, 6.45) is 8.98. The number of allylic oxidation sites excluding steroid dienone is 1. The lowest BCUT2D eigenvalue weighted by Gasteiger charge is -2.21. The minimum absolute atomic E-state index is 0.0300. The number of sulfone groups is 1. The van der Waals surface area contributed by atoms with Crippen molar-refractivity contribution in [1.29, 1.82) is 0 Å². The highest BCUT2D eigenvalue weighted by molar-refractivity contribution is 7.92. The Balaban J connectivity index is 1.40. The average Bonchev–Trinajstić information content (AvgIpc) is 3.35. The van der Waals surface area contributed by atoms with E-state index in [0.29, 0.717) is 13.0 Å². The van der Waals surface area contributed by atoms with Gasteiger partial charge in [0.05, 0.1) is 17.4 Å². The SMILES string of the molecule is O=C(CC1=CCCC1)N[C@@H]1CS(=O)(=O)[C@H]2CN(C(=O)Cc3cccnc3)C[C@@H]12. The minimum Gasteiger partial charge on any atom is -0.352 e. The highest BCUT2D eigenvalue weighted by Crippen LogP contribution is 2.34. The van der Waals surface area contributed by atoms with Gasteiger partial charge in [0.15, 0.2) is 9.84 Å². The summed E-state index contributed by atoms with van der Waals surface area (Å²) in [6.45, 7) is 0.584. The molecule has 150 valence electrons. The summed E-state index contributed by atoms with van der Waals surface area (Å²) >= 11 is 0. The number of nitrogens with zero attached hydrogens (tertiary/aromatic N) is 2. The van der Waals surface area contributed by atoms with Crippen LogP contribution in [0.2, 0.25) is 0 Å². The van der Waals surface area contributed by atoms with Crippen molar-refractivity contribution in [3.63, 3.8) is 0 Å². The zero-order valence-corrected chi connectivity index (χ0v) is 16.5. The number of amides is 2. The maximum atomic E-state index is 12.6. The van der Waals surface area contributed by atoms with Crippen LogP contribution in [0.15, 0.2) is 36.2 Å². The lowest BCUT2D eigenvalue weighted by molar-refractivity contribution is -0.129. The first-order valence-corrected chi connectivity index (χ1v) is 11.5. The molecule has 28 heavy (non-hydrogen) atoms. The fourth-order valence-electron chi connectivity index (χ4n) is 4.57. The molecule has 1 aliphatic carbocycles. The van der Waals surface area contributed by atoms with Crippen LogP contribution in [0, 0.1) is 5.92 Å². The number of hydrogen-bond donors (Lipinski definition) is 1. The van der Waals surface area contributed by atoms with Crippen molar-refractivity contribution in [3.05, 3.63) is 41.7 Å². The summed E-state index contributed by atoms with van der Waals surface area (Å²) < 4.78 is 25.2. The van der Waals surface area contributed by atoms with E-state index in [1.54, 1.807) is 23.4 Å². The summed E-state index contributed by atoms with van der Waals surface area (Å²) in [5.41, 5.74) is 1.94. The molecule has 3 aliphatic rings. The second kappa shape index (κ2) is 7.66. The molecule has 7 nitrogen and oxygen atoms in total. The number of fused-ring (bicyclic) bond motifs is 1. The van der Waals surface area contributed by atoms with Gasteiger partial charge in [-0.15, -0.1) is 0 Å². The van der Waals surface area contributed by atoms with Crippen LogP contribution in [0.1, 0.15) is 31.2 Å². The Bertz CT molecular complexity index is 897. The molecule has 1 aromatic rings. The van der Waals surface area contributed by atoms with E-state index in [1.165, 1.54) is 0 Å². The quantitative estimate of drug-likeness (QED) is 0.736. The van der Waals surface area contributed by atoms with Gasteiger partial charge in [-0.2, -0.15) is 0 Å². The fraction of sp³-hybridized carbons (Fsp3) is 0.550. The maximum absolute atomic E-state index is 12.6. The molecule has 3 heterocycles. The van der Waals surface area contributed by atoms with Crippen LogP contribution < -0.4 is 5.32 Å². The van der Waals surface area contributed by atoms with E-state index < -0.39 is 21.1 Å². The highest BCUT2D eigenvalue weighted by atomic mass is 32.2. The number of carbonyl (C=O) groups excluding carboxylic acids is 2. The first-order chi connectivity index (χ1) is 13.4. The molecule has 0 saturated carbocycles. The van der Waals surface area contributed by atoms with Gasteiger partial charge in [-0.3, -0.25) is 14.6 Å². The van der Waals surface area contributed by atoms with Gasteiger partial charge in [-0.1, -0.05) is 17.7 Å². The molecule has 8 heteroatoms. The van der Waals surface area contributed by atoms with E-state index in [0.717, 1.165) is 30.4 Å². The molecule has 2 fully saturated rings. The Labute approximate surface area is 165 Å². The van der Waals surface area contributed by atoms with E-state index in [4.69, 9.17) is 0 Å². The summed E-state index contributed by atoms with van der Waals surface area (Å²) in [7, 11) is -3.32. The molecule has 4 rings (SSSR count). The standard InChI is InChI=1S/C20H25N3O4S/c24-19(8-14-4-1-2-5-14)22-17-13-28(26,27)18-12-23(11-16(17)18)20(25)9-15-6-3-7-21-10-15/h3-4,6-7,10,16-18H,1-2,5,8-9,11-13H2,(H,22,24)/t16-,17+,18-/m0/s1. The monoisotopic (exact) mass is 403 g/mol. The van der Waals surface area contributed by atoms with Crippen molar-refractivity contribution in [2.45, 2.75) is 43.4 Å². The first-order valence-electron chi connectivity index (χ1n) is 9.78. The smallest absolute Gasteiger partial charge is 0.227 e. The Hall–Kier alpha value is -2.22. The number of rotatable bonds is 5. The predicted octanol–water partition coefficient (Wildman–Crippen LogP) is 0.865. The average molecular weight is 404 g/mol. The third-order valence-electron chi connectivity index (χ3n) is 6.00. The summed E-state index contributed by atoms with van der Waals surface area (Å²) in [5.74, 6) is -0.477. The van der Waals surface area contributed by atoms with Crippen LogP contribution in [-0.4, -0.2) is 60.3 Å². The van der Waals surface area contributed by atoms with Crippen molar-refractivity contribution in [1.82, 2.24) is 15.2 Å². The Morgan fingerprint density at radius 2 is 2.11 bits per heavy atom. The van der Waals surface area contributed by atoms with Crippen LogP contribution in [0.5, 0.6) is 0 Å². The highest BCUT2D eigenvalue weighted by Gasteiger charge is 2.53. The lowest BCUT2D eigenvalue weighted by atomic mass is 10.00. The second-order valence-electron chi connectivity index (χ2n) is 7.97. The molecule has 0 bridgehead atoms. The topological polar surface area (TPSA) is 96.4 Å². The number of aromatic nitrogens is 1. The third kappa shape index (κ3) is 3.97. The van der Waals surface area contributed by atoms with Crippen LogP contribution in [0.4, 0.5) is 0 Å². The molecule has 1 N–H and O–H groups in total.